The molecule has 62 valence electrons. The Morgan fingerprint density at radius 3 is 2.40 bits per heavy atom. The standard InChI is InChI=1S/C4H11I2N3O/c1-7-2-8(5)3-9(6)4-10/h7,10H,2-4H2,1H3. The molecule has 0 spiro atoms. The molecule has 0 heterocycles. The van der Waals surface area contributed by atoms with Crippen LogP contribution in [-0.2, 0) is 0 Å². The van der Waals surface area contributed by atoms with E-state index in [1.165, 1.54) is 0 Å². The van der Waals surface area contributed by atoms with Gasteiger partial charge in [-0.25, -0.2) is 6.23 Å². The molecule has 0 radical (unpaired) electrons. The predicted molar refractivity (Wildman–Crippen MR) is 57.6 cm³/mol. The number of halogens is 2. The van der Waals surface area contributed by atoms with Crippen molar-refractivity contribution in [1.29, 1.82) is 0 Å². The van der Waals surface area contributed by atoms with Crippen LogP contribution in [0.2, 0.25) is 0 Å². The first-order valence-electron chi connectivity index (χ1n) is 2.77. The molecule has 0 unspecified atom stereocenters. The summed E-state index contributed by atoms with van der Waals surface area (Å²) in [7, 11) is 1.89. The van der Waals surface area contributed by atoms with Gasteiger partial charge >= 0.3 is 0 Å². The molecule has 6 heteroatoms. The molecule has 0 atom stereocenters. The molecule has 0 aromatic rings. The Morgan fingerprint density at radius 1 is 1.40 bits per heavy atom. The maximum atomic E-state index is 8.62. The minimum Gasteiger partial charge on any atom is -0.380 e. The third kappa shape index (κ3) is 6.04. The highest BCUT2D eigenvalue weighted by atomic mass is 127. The fourth-order valence-corrected chi connectivity index (χ4v) is 2.09. The first kappa shape index (κ1) is 11.3. The van der Waals surface area contributed by atoms with E-state index in [1.807, 2.05) is 10.2 Å². The SMILES string of the molecule is CNCN(I)CN(I)CO. The molecule has 4 nitrogen and oxygen atoms in total. The van der Waals surface area contributed by atoms with Crippen LogP contribution in [0.25, 0.3) is 0 Å². The zero-order chi connectivity index (χ0) is 7.98. The van der Waals surface area contributed by atoms with Crippen LogP contribution in [0.5, 0.6) is 0 Å². The van der Waals surface area contributed by atoms with Crippen LogP contribution in [-0.4, -0.2) is 38.4 Å². The predicted octanol–water partition coefficient (Wildman–Crippen LogP) is 0.375. The highest BCUT2D eigenvalue weighted by Crippen LogP contribution is 2.03. The van der Waals surface area contributed by atoms with Crippen molar-refractivity contribution < 1.29 is 5.11 Å². The van der Waals surface area contributed by atoms with E-state index in [4.69, 9.17) is 5.11 Å². The largest absolute Gasteiger partial charge is 0.380 e. The first-order valence-corrected chi connectivity index (χ1v) is 4.70. The van der Waals surface area contributed by atoms with Gasteiger partial charge in [-0.05, 0) is 7.05 Å². The first-order chi connectivity index (χ1) is 4.70. The van der Waals surface area contributed by atoms with E-state index in [2.05, 4.69) is 51.0 Å². The summed E-state index contributed by atoms with van der Waals surface area (Å²) >= 11 is 4.26. The monoisotopic (exact) mass is 371 g/mol. The number of nitrogens with one attached hydrogen (secondary N) is 1. The summed E-state index contributed by atoms with van der Waals surface area (Å²) < 4.78 is 3.81. The quantitative estimate of drug-likeness (QED) is 0.417. The summed E-state index contributed by atoms with van der Waals surface area (Å²) in [6.45, 7) is 1.66. The number of hydrogen-bond donors (Lipinski definition) is 2. The number of aliphatic hydroxyl groups excluding tert-OH is 1. The Morgan fingerprint density at radius 2 is 2.00 bits per heavy atom. The van der Waals surface area contributed by atoms with E-state index in [9.17, 15) is 0 Å². The molecule has 0 amide bonds. The summed E-state index contributed by atoms with van der Waals surface area (Å²) in [5.41, 5.74) is 0. The summed E-state index contributed by atoms with van der Waals surface area (Å²) in [5, 5.41) is 11.6. The van der Waals surface area contributed by atoms with Gasteiger partial charge < -0.3 is 10.4 Å². The van der Waals surface area contributed by atoms with Crippen molar-refractivity contribution in [2.24, 2.45) is 0 Å². The van der Waals surface area contributed by atoms with Crippen LogP contribution in [0.1, 0.15) is 0 Å². The zero-order valence-corrected chi connectivity index (χ0v) is 10.0. The second kappa shape index (κ2) is 6.98. The molecule has 0 aliphatic heterocycles. The molecule has 0 bridgehead atoms. The lowest BCUT2D eigenvalue weighted by Gasteiger charge is -2.18. The van der Waals surface area contributed by atoms with E-state index in [1.54, 1.807) is 3.11 Å². The maximum Gasteiger partial charge on any atom is 0.105 e. The van der Waals surface area contributed by atoms with Crippen molar-refractivity contribution in [2.45, 2.75) is 0 Å². The number of hydrogen-bond acceptors (Lipinski definition) is 4. The molecule has 0 aromatic carbocycles. The van der Waals surface area contributed by atoms with Gasteiger partial charge in [0.2, 0.25) is 0 Å². The molecule has 0 saturated heterocycles. The van der Waals surface area contributed by atoms with Gasteiger partial charge in [-0.2, -0.15) is 0 Å². The van der Waals surface area contributed by atoms with Gasteiger partial charge in [0.25, 0.3) is 0 Å². The average Bonchev–Trinajstić information content (AvgIpc) is 1.88. The lowest BCUT2D eigenvalue weighted by atomic mass is 10.9. The molecular formula is C4H11I2N3O. The van der Waals surface area contributed by atoms with Crippen molar-refractivity contribution in [2.75, 3.05) is 27.1 Å². The normalized spacial score (nSPS) is 11.4. The van der Waals surface area contributed by atoms with Crippen LogP contribution in [0.3, 0.4) is 0 Å². The van der Waals surface area contributed by atoms with Crippen LogP contribution in [0.4, 0.5) is 0 Å². The van der Waals surface area contributed by atoms with E-state index in [0.29, 0.717) is 0 Å². The topological polar surface area (TPSA) is 38.7 Å². The van der Waals surface area contributed by atoms with Gasteiger partial charge in [0.15, 0.2) is 0 Å². The third-order valence-corrected chi connectivity index (χ3v) is 2.05. The Labute approximate surface area is 88.9 Å². The minimum atomic E-state index is 0.0871. The van der Waals surface area contributed by atoms with Gasteiger partial charge in [0.1, 0.15) is 6.73 Å². The van der Waals surface area contributed by atoms with E-state index in [0.717, 1.165) is 13.3 Å². The van der Waals surface area contributed by atoms with Crippen molar-refractivity contribution in [3.05, 3.63) is 0 Å². The molecule has 2 N–H and O–H groups in total. The van der Waals surface area contributed by atoms with Gasteiger partial charge in [0, 0.05) is 45.7 Å². The van der Waals surface area contributed by atoms with Gasteiger partial charge in [-0.15, -0.1) is 0 Å². The van der Waals surface area contributed by atoms with Crippen molar-refractivity contribution in [3.63, 3.8) is 0 Å². The van der Waals surface area contributed by atoms with E-state index < -0.39 is 0 Å². The summed E-state index contributed by atoms with van der Waals surface area (Å²) in [6.07, 6.45) is 0. The van der Waals surface area contributed by atoms with Gasteiger partial charge in [-0.1, -0.05) is 0 Å². The number of rotatable bonds is 5. The van der Waals surface area contributed by atoms with Crippen LogP contribution in [0.15, 0.2) is 0 Å². The highest BCUT2D eigenvalue weighted by molar-refractivity contribution is 14.1. The number of aliphatic hydroxyl groups is 1. The smallest absolute Gasteiger partial charge is 0.105 e. The Bertz CT molecular complexity index is 84.9. The summed E-state index contributed by atoms with van der Waals surface area (Å²) in [5.74, 6) is 0. The Hall–Kier alpha value is 1.30. The average molecular weight is 371 g/mol. The fraction of sp³-hybridized carbons (Fsp3) is 1.00. The summed E-state index contributed by atoms with van der Waals surface area (Å²) in [4.78, 5) is 0. The zero-order valence-electron chi connectivity index (χ0n) is 5.72. The van der Waals surface area contributed by atoms with Crippen LogP contribution in [0, 0.1) is 0 Å². The molecular weight excluding hydrogens is 360 g/mol. The van der Waals surface area contributed by atoms with E-state index >= 15 is 0 Å². The molecule has 0 aliphatic carbocycles. The van der Waals surface area contributed by atoms with Crippen molar-refractivity contribution in [3.8, 4) is 0 Å². The molecule has 0 aliphatic rings. The molecule has 10 heavy (non-hydrogen) atoms. The van der Waals surface area contributed by atoms with Crippen LogP contribution < -0.4 is 5.32 Å². The Kier molecular flexibility index (Phi) is 7.88. The van der Waals surface area contributed by atoms with Crippen molar-refractivity contribution >= 4 is 45.7 Å². The molecule has 0 saturated carbocycles. The molecule has 0 rings (SSSR count). The lowest BCUT2D eigenvalue weighted by Crippen LogP contribution is -2.31. The van der Waals surface area contributed by atoms with Gasteiger partial charge in [-0.3, -0.25) is 0 Å². The lowest BCUT2D eigenvalue weighted by molar-refractivity contribution is 0.180. The van der Waals surface area contributed by atoms with Crippen molar-refractivity contribution in [1.82, 2.24) is 11.5 Å². The van der Waals surface area contributed by atoms with Gasteiger partial charge in [0.05, 0.1) is 13.3 Å². The fourth-order valence-electron chi connectivity index (χ4n) is 0.433. The van der Waals surface area contributed by atoms with E-state index in [-0.39, 0.29) is 6.73 Å². The number of nitrogens with zero attached hydrogens (tertiary/aromatic N) is 2. The Balaban J connectivity index is 3.27. The van der Waals surface area contributed by atoms with Crippen LogP contribution >= 0.6 is 45.7 Å². The molecule has 0 fully saturated rings. The minimum absolute atomic E-state index is 0.0871. The second-order valence-electron chi connectivity index (χ2n) is 1.72. The third-order valence-electron chi connectivity index (χ3n) is 0.790. The summed E-state index contributed by atoms with van der Waals surface area (Å²) in [6, 6.07) is 0. The second-order valence-corrected chi connectivity index (χ2v) is 4.45. The maximum absolute atomic E-state index is 8.62. The highest BCUT2D eigenvalue weighted by Gasteiger charge is 2.02. The molecule has 0 aromatic heterocycles.